The predicted octanol–water partition coefficient (Wildman–Crippen LogP) is 3.15. The molecule has 4 rings (SSSR count). The van der Waals surface area contributed by atoms with Crippen LogP contribution in [0.3, 0.4) is 0 Å². The quantitative estimate of drug-likeness (QED) is 0.750. The van der Waals surface area contributed by atoms with Gasteiger partial charge in [-0.3, -0.25) is 19.2 Å². The Bertz CT molecular complexity index is 987. The fourth-order valence-corrected chi connectivity index (χ4v) is 4.22. The second-order valence-electron chi connectivity index (χ2n) is 5.38. The van der Waals surface area contributed by atoms with E-state index in [9.17, 15) is 19.2 Å². The first kappa shape index (κ1) is 16.6. The second-order valence-corrected chi connectivity index (χ2v) is 7.55. The summed E-state index contributed by atoms with van der Waals surface area (Å²) < 4.78 is 0. The fourth-order valence-electron chi connectivity index (χ4n) is 2.47. The zero-order valence-corrected chi connectivity index (χ0v) is 14.6. The van der Waals surface area contributed by atoms with Gasteiger partial charge in [-0.25, -0.2) is 9.97 Å². The third-order valence-electron chi connectivity index (χ3n) is 3.72. The van der Waals surface area contributed by atoms with Crippen molar-refractivity contribution in [2.75, 3.05) is 0 Å². The first-order chi connectivity index (χ1) is 12.5. The summed E-state index contributed by atoms with van der Waals surface area (Å²) in [5, 5.41) is 1.07. The minimum atomic E-state index is -0.310. The molecular formula is C18H8N2O4S2. The maximum absolute atomic E-state index is 11.9. The molecule has 0 spiro atoms. The molecule has 2 heterocycles. The lowest BCUT2D eigenvalue weighted by Crippen LogP contribution is -2.14. The van der Waals surface area contributed by atoms with Crippen LogP contribution in [0.2, 0.25) is 0 Å². The number of allylic oxidation sites excluding steroid dienone is 4. The van der Waals surface area contributed by atoms with Gasteiger partial charge in [0.2, 0.25) is 11.6 Å². The Morgan fingerprint density at radius 3 is 1.35 bits per heavy atom. The molecule has 0 amide bonds. The van der Waals surface area contributed by atoms with Crippen molar-refractivity contribution in [3.8, 4) is 0 Å². The molecule has 126 valence electrons. The standard InChI is InChI=1S/C18H8N2O4S2/c21-11-3-5-13(23)17-9(11)1-7-15(19-17)25-26-16-8-2-10-12(22)4-6-14(24)18(10)20-16/h1-8H. The van der Waals surface area contributed by atoms with E-state index in [1.807, 2.05) is 0 Å². The number of carbonyl (C=O) groups excluding carboxylic acids is 4. The Labute approximate surface area is 155 Å². The van der Waals surface area contributed by atoms with Crippen LogP contribution in [0, 0.1) is 0 Å². The van der Waals surface area contributed by atoms with Crippen LogP contribution in [0.5, 0.6) is 0 Å². The predicted molar refractivity (Wildman–Crippen MR) is 95.8 cm³/mol. The highest BCUT2D eigenvalue weighted by Crippen LogP contribution is 2.36. The lowest BCUT2D eigenvalue weighted by atomic mass is 10.0. The molecule has 0 fully saturated rings. The summed E-state index contributed by atoms with van der Waals surface area (Å²) in [5.74, 6) is -1.11. The van der Waals surface area contributed by atoms with E-state index in [1.165, 1.54) is 45.9 Å². The Hall–Kier alpha value is -2.84. The third-order valence-corrected chi connectivity index (χ3v) is 5.88. The molecule has 0 N–H and O–H groups in total. The van der Waals surface area contributed by atoms with Crippen molar-refractivity contribution >= 4 is 44.7 Å². The lowest BCUT2D eigenvalue weighted by Gasteiger charge is -2.10. The Kier molecular flexibility index (Phi) is 4.14. The molecule has 0 saturated carbocycles. The van der Waals surface area contributed by atoms with E-state index in [-0.39, 0.29) is 45.6 Å². The summed E-state index contributed by atoms with van der Waals surface area (Å²) in [6.07, 6.45) is 4.89. The van der Waals surface area contributed by atoms with Gasteiger partial charge in [-0.2, -0.15) is 0 Å². The molecular weight excluding hydrogens is 372 g/mol. The van der Waals surface area contributed by atoms with E-state index in [0.29, 0.717) is 10.1 Å². The Morgan fingerprint density at radius 2 is 0.923 bits per heavy atom. The molecule has 0 radical (unpaired) electrons. The number of nitrogens with zero attached hydrogens (tertiary/aromatic N) is 2. The van der Waals surface area contributed by atoms with Crippen LogP contribution in [0.25, 0.3) is 0 Å². The van der Waals surface area contributed by atoms with Gasteiger partial charge in [-0.15, -0.1) is 0 Å². The van der Waals surface area contributed by atoms with Crippen molar-refractivity contribution in [3.05, 3.63) is 71.1 Å². The number of hydrogen-bond acceptors (Lipinski definition) is 8. The molecule has 0 aliphatic heterocycles. The number of carbonyl (C=O) groups is 4. The summed E-state index contributed by atoms with van der Waals surface area (Å²) in [4.78, 5) is 55.7. The largest absolute Gasteiger partial charge is 0.289 e. The van der Waals surface area contributed by atoms with Gasteiger partial charge in [-0.05, 0) is 70.2 Å². The average Bonchev–Trinajstić information content (AvgIpc) is 2.66. The zero-order chi connectivity index (χ0) is 18.3. The van der Waals surface area contributed by atoms with Crippen LogP contribution < -0.4 is 0 Å². The molecule has 2 aliphatic carbocycles. The topological polar surface area (TPSA) is 94.1 Å². The highest BCUT2D eigenvalue weighted by atomic mass is 33.1. The maximum atomic E-state index is 11.9. The summed E-state index contributed by atoms with van der Waals surface area (Å²) in [7, 11) is 2.49. The van der Waals surface area contributed by atoms with Crippen LogP contribution in [-0.2, 0) is 0 Å². The maximum Gasteiger partial charge on any atom is 0.205 e. The smallest absolute Gasteiger partial charge is 0.205 e. The first-order valence-corrected chi connectivity index (χ1v) is 9.58. The Balaban J connectivity index is 1.56. The van der Waals surface area contributed by atoms with Gasteiger partial charge in [-0.1, -0.05) is 0 Å². The highest BCUT2D eigenvalue weighted by molar-refractivity contribution is 8.76. The van der Waals surface area contributed by atoms with Crippen molar-refractivity contribution in [1.29, 1.82) is 0 Å². The number of rotatable bonds is 3. The van der Waals surface area contributed by atoms with Gasteiger partial charge in [0.25, 0.3) is 0 Å². The van der Waals surface area contributed by atoms with E-state index >= 15 is 0 Å². The lowest BCUT2D eigenvalue weighted by molar-refractivity contribution is 0.0990. The highest BCUT2D eigenvalue weighted by Gasteiger charge is 2.22. The molecule has 8 heteroatoms. The van der Waals surface area contributed by atoms with E-state index in [4.69, 9.17) is 0 Å². The number of fused-ring (bicyclic) bond motifs is 2. The second kappa shape index (κ2) is 6.47. The summed E-state index contributed by atoms with van der Waals surface area (Å²) in [5.41, 5.74) is 0.837. The molecule has 0 bridgehead atoms. The summed E-state index contributed by atoms with van der Waals surface area (Å²) in [6.45, 7) is 0. The molecule has 0 unspecified atom stereocenters. The number of hydrogen-bond donors (Lipinski definition) is 0. The monoisotopic (exact) mass is 380 g/mol. The first-order valence-electron chi connectivity index (χ1n) is 7.43. The van der Waals surface area contributed by atoms with Crippen molar-refractivity contribution in [2.24, 2.45) is 0 Å². The molecule has 26 heavy (non-hydrogen) atoms. The molecule has 0 aromatic carbocycles. The van der Waals surface area contributed by atoms with Crippen LogP contribution >= 0.6 is 21.6 Å². The minimum Gasteiger partial charge on any atom is -0.289 e. The number of ketones is 4. The number of aromatic nitrogens is 2. The third kappa shape index (κ3) is 2.93. The van der Waals surface area contributed by atoms with Crippen LogP contribution in [0.4, 0.5) is 0 Å². The van der Waals surface area contributed by atoms with Gasteiger partial charge in [0.05, 0.1) is 11.1 Å². The molecule has 6 nitrogen and oxygen atoms in total. The van der Waals surface area contributed by atoms with Crippen LogP contribution in [0.15, 0.2) is 58.6 Å². The SMILES string of the molecule is O=C1C=CC(=O)c2nc(SSc3ccc4c(n3)C(=O)C=CC4=O)ccc21. The zero-order valence-electron chi connectivity index (χ0n) is 13.0. The fraction of sp³-hybridized carbons (Fsp3) is 0. The number of pyridine rings is 2. The van der Waals surface area contributed by atoms with Gasteiger partial charge in [0.15, 0.2) is 11.6 Å². The van der Waals surface area contributed by atoms with Crippen molar-refractivity contribution < 1.29 is 19.2 Å². The van der Waals surface area contributed by atoms with Crippen molar-refractivity contribution in [1.82, 2.24) is 9.97 Å². The van der Waals surface area contributed by atoms with Gasteiger partial charge < -0.3 is 0 Å². The van der Waals surface area contributed by atoms with E-state index in [0.717, 1.165) is 0 Å². The molecule has 0 atom stereocenters. The minimum absolute atomic E-state index is 0.132. The Morgan fingerprint density at radius 1 is 0.538 bits per heavy atom. The molecule has 0 saturated heterocycles. The van der Waals surface area contributed by atoms with E-state index < -0.39 is 0 Å². The molecule has 2 aromatic heterocycles. The van der Waals surface area contributed by atoms with E-state index in [1.54, 1.807) is 24.3 Å². The summed E-state index contributed by atoms with van der Waals surface area (Å²) in [6, 6.07) is 6.44. The molecule has 2 aromatic rings. The van der Waals surface area contributed by atoms with E-state index in [2.05, 4.69) is 9.97 Å². The van der Waals surface area contributed by atoms with Gasteiger partial charge >= 0.3 is 0 Å². The van der Waals surface area contributed by atoms with Crippen molar-refractivity contribution in [2.45, 2.75) is 10.1 Å². The molecule has 2 aliphatic rings. The normalized spacial score (nSPS) is 15.2. The van der Waals surface area contributed by atoms with Crippen LogP contribution in [0.1, 0.15) is 41.7 Å². The average molecular weight is 380 g/mol. The summed E-state index contributed by atoms with van der Waals surface area (Å²) >= 11 is 0. The van der Waals surface area contributed by atoms with Gasteiger partial charge in [0.1, 0.15) is 21.4 Å². The van der Waals surface area contributed by atoms with Gasteiger partial charge in [0, 0.05) is 0 Å². The van der Waals surface area contributed by atoms with Crippen LogP contribution in [-0.4, -0.2) is 33.1 Å². The van der Waals surface area contributed by atoms with Crippen molar-refractivity contribution in [3.63, 3.8) is 0 Å².